The van der Waals surface area contributed by atoms with Crippen molar-refractivity contribution in [1.29, 1.82) is 0 Å². The molecule has 86 valence electrons. The lowest BCUT2D eigenvalue weighted by atomic mass is 10.4. The maximum absolute atomic E-state index is 11.3. The van der Waals surface area contributed by atoms with Gasteiger partial charge >= 0.3 is 0 Å². The van der Waals surface area contributed by atoms with Crippen LogP contribution in [-0.2, 0) is 4.79 Å². The summed E-state index contributed by atoms with van der Waals surface area (Å²) in [5.74, 6) is 0.540. The van der Waals surface area contributed by atoms with Gasteiger partial charge in [0.1, 0.15) is 4.32 Å². The minimum Gasteiger partial charge on any atom is -0.358 e. The van der Waals surface area contributed by atoms with Gasteiger partial charge in [-0.15, -0.1) is 0 Å². The van der Waals surface area contributed by atoms with Crippen LogP contribution in [0.5, 0.6) is 0 Å². The van der Waals surface area contributed by atoms with Crippen molar-refractivity contribution in [3.05, 3.63) is 0 Å². The molecular formula is C10H18N2OS2. The molecule has 0 saturated carbocycles. The molecule has 1 saturated heterocycles. The summed E-state index contributed by atoms with van der Waals surface area (Å²) in [5.41, 5.74) is 0. The maximum atomic E-state index is 11.3. The third-order valence-corrected chi connectivity index (χ3v) is 3.79. The van der Waals surface area contributed by atoms with E-state index < -0.39 is 0 Å². The smallest absolute Gasteiger partial charge is 0.230 e. The fourth-order valence-corrected chi connectivity index (χ4v) is 2.51. The van der Waals surface area contributed by atoms with E-state index in [9.17, 15) is 4.79 Å². The highest BCUT2D eigenvalue weighted by atomic mass is 32.2. The highest BCUT2D eigenvalue weighted by Gasteiger charge is 2.15. The zero-order valence-electron chi connectivity index (χ0n) is 9.12. The number of thioether (sulfide) groups is 1. The minimum absolute atomic E-state index is 0.0865. The molecule has 15 heavy (non-hydrogen) atoms. The summed E-state index contributed by atoms with van der Waals surface area (Å²) in [6, 6.07) is 0. The van der Waals surface area contributed by atoms with Gasteiger partial charge in [0.25, 0.3) is 0 Å². The van der Waals surface area contributed by atoms with Crippen LogP contribution in [0.3, 0.4) is 0 Å². The second-order valence-corrected chi connectivity index (χ2v) is 5.21. The number of nitrogens with one attached hydrogen (secondary N) is 1. The summed E-state index contributed by atoms with van der Waals surface area (Å²) in [6.07, 6.45) is 3.43. The SMILES string of the molecule is CCCNC(=O)CSC(=S)N1CCCC1. The van der Waals surface area contributed by atoms with Crippen LogP contribution < -0.4 is 5.32 Å². The number of hydrogen-bond donors (Lipinski definition) is 1. The zero-order chi connectivity index (χ0) is 11.1. The van der Waals surface area contributed by atoms with Crippen LogP contribution in [0.15, 0.2) is 0 Å². The molecular weight excluding hydrogens is 228 g/mol. The van der Waals surface area contributed by atoms with Gasteiger partial charge in [-0.2, -0.15) is 0 Å². The second kappa shape index (κ2) is 7.06. The standard InChI is InChI=1S/C10H18N2OS2/c1-2-5-11-9(13)8-15-10(14)12-6-3-4-7-12/h2-8H2,1H3,(H,11,13). The first kappa shape index (κ1) is 12.8. The van der Waals surface area contributed by atoms with Gasteiger partial charge in [0.05, 0.1) is 5.75 Å². The Bertz CT molecular complexity index is 227. The van der Waals surface area contributed by atoms with Gasteiger partial charge in [-0.05, 0) is 19.3 Å². The highest BCUT2D eigenvalue weighted by molar-refractivity contribution is 8.23. The number of carbonyl (C=O) groups is 1. The van der Waals surface area contributed by atoms with Crippen molar-refractivity contribution in [3.63, 3.8) is 0 Å². The van der Waals surface area contributed by atoms with Crippen molar-refractivity contribution in [3.8, 4) is 0 Å². The van der Waals surface area contributed by atoms with E-state index in [4.69, 9.17) is 12.2 Å². The van der Waals surface area contributed by atoms with E-state index in [1.165, 1.54) is 24.6 Å². The number of amides is 1. The average molecular weight is 246 g/mol. The number of nitrogens with zero attached hydrogens (tertiary/aromatic N) is 1. The van der Waals surface area contributed by atoms with E-state index in [1.807, 2.05) is 6.92 Å². The first-order valence-corrected chi connectivity index (χ1v) is 6.82. The van der Waals surface area contributed by atoms with Crippen molar-refractivity contribution in [2.75, 3.05) is 25.4 Å². The van der Waals surface area contributed by atoms with Crippen LogP contribution in [0.1, 0.15) is 26.2 Å². The molecule has 0 unspecified atom stereocenters. The molecule has 0 spiro atoms. The summed E-state index contributed by atoms with van der Waals surface area (Å²) in [4.78, 5) is 13.5. The molecule has 1 N–H and O–H groups in total. The molecule has 1 heterocycles. The van der Waals surface area contributed by atoms with Crippen LogP contribution in [0.25, 0.3) is 0 Å². The van der Waals surface area contributed by atoms with Crippen molar-refractivity contribution in [2.45, 2.75) is 26.2 Å². The number of thiocarbonyl (C=S) groups is 1. The lowest BCUT2D eigenvalue weighted by molar-refractivity contribution is -0.118. The third-order valence-electron chi connectivity index (χ3n) is 2.26. The van der Waals surface area contributed by atoms with Crippen molar-refractivity contribution in [2.24, 2.45) is 0 Å². The van der Waals surface area contributed by atoms with Crippen molar-refractivity contribution in [1.82, 2.24) is 10.2 Å². The maximum Gasteiger partial charge on any atom is 0.230 e. The van der Waals surface area contributed by atoms with Crippen LogP contribution >= 0.6 is 24.0 Å². The summed E-state index contributed by atoms with van der Waals surface area (Å²) < 4.78 is 0.874. The van der Waals surface area contributed by atoms with Gasteiger partial charge in [0.2, 0.25) is 5.91 Å². The molecule has 0 bridgehead atoms. The molecule has 1 amide bonds. The molecule has 0 aromatic carbocycles. The van der Waals surface area contributed by atoms with E-state index in [-0.39, 0.29) is 5.91 Å². The van der Waals surface area contributed by atoms with Crippen molar-refractivity contribution >= 4 is 34.2 Å². The molecule has 0 radical (unpaired) electrons. The minimum atomic E-state index is 0.0865. The van der Waals surface area contributed by atoms with Gasteiger partial charge in [0.15, 0.2) is 0 Å². The number of likely N-dealkylation sites (tertiary alicyclic amines) is 1. The normalized spacial score (nSPS) is 15.4. The Balaban J connectivity index is 2.12. The summed E-state index contributed by atoms with van der Waals surface area (Å²) >= 11 is 6.73. The molecule has 1 rings (SSSR count). The molecule has 1 fully saturated rings. The average Bonchev–Trinajstić information content (AvgIpc) is 2.76. The Morgan fingerprint density at radius 3 is 2.73 bits per heavy atom. The number of carbonyl (C=O) groups excluding carboxylic acids is 1. The Morgan fingerprint density at radius 2 is 2.13 bits per heavy atom. The quantitative estimate of drug-likeness (QED) is 0.764. The molecule has 5 heteroatoms. The van der Waals surface area contributed by atoms with E-state index in [0.717, 1.165) is 30.4 Å². The van der Waals surface area contributed by atoms with Gasteiger partial charge in [-0.25, -0.2) is 0 Å². The summed E-state index contributed by atoms with van der Waals surface area (Å²) in [7, 11) is 0. The second-order valence-electron chi connectivity index (χ2n) is 3.60. The summed E-state index contributed by atoms with van der Waals surface area (Å²) in [6.45, 7) is 4.92. The molecule has 0 aromatic rings. The first-order chi connectivity index (χ1) is 7.24. The molecule has 0 atom stereocenters. The van der Waals surface area contributed by atoms with Crippen LogP contribution in [0.2, 0.25) is 0 Å². The molecule has 0 aromatic heterocycles. The van der Waals surface area contributed by atoms with E-state index in [2.05, 4.69) is 10.2 Å². The highest BCUT2D eigenvalue weighted by Crippen LogP contribution is 2.15. The topological polar surface area (TPSA) is 32.3 Å². The van der Waals surface area contributed by atoms with Crippen LogP contribution in [0, 0.1) is 0 Å². The first-order valence-electron chi connectivity index (χ1n) is 5.42. The number of rotatable bonds is 4. The van der Waals surface area contributed by atoms with Crippen molar-refractivity contribution < 1.29 is 4.79 Å². The lowest BCUT2D eigenvalue weighted by Gasteiger charge is -2.17. The van der Waals surface area contributed by atoms with Gasteiger partial charge in [0, 0.05) is 19.6 Å². The van der Waals surface area contributed by atoms with Gasteiger partial charge in [-0.3, -0.25) is 4.79 Å². The van der Waals surface area contributed by atoms with Crippen LogP contribution in [0.4, 0.5) is 0 Å². The molecule has 1 aliphatic heterocycles. The third kappa shape index (κ3) is 4.84. The summed E-state index contributed by atoms with van der Waals surface area (Å²) in [5, 5.41) is 2.84. The molecule has 0 aliphatic carbocycles. The molecule has 3 nitrogen and oxygen atoms in total. The predicted octanol–water partition coefficient (Wildman–Crippen LogP) is 1.63. The van der Waals surface area contributed by atoms with E-state index >= 15 is 0 Å². The van der Waals surface area contributed by atoms with E-state index in [0.29, 0.717) is 5.75 Å². The zero-order valence-corrected chi connectivity index (χ0v) is 10.8. The Hall–Kier alpha value is -0.290. The Morgan fingerprint density at radius 1 is 1.47 bits per heavy atom. The van der Waals surface area contributed by atoms with Gasteiger partial charge in [-0.1, -0.05) is 30.9 Å². The fourth-order valence-electron chi connectivity index (χ4n) is 1.43. The predicted molar refractivity (Wildman–Crippen MR) is 69.2 cm³/mol. The Labute approximate surface area is 101 Å². The number of hydrogen-bond acceptors (Lipinski definition) is 3. The van der Waals surface area contributed by atoms with E-state index in [1.54, 1.807) is 0 Å². The molecule has 1 aliphatic rings. The Kier molecular flexibility index (Phi) is 6.02. The van der Waals surface area contributed by atoms with Crippen LogP contribution in [-0.4, -0.2) is 40.5 Å². The van der Waals surface area contributed by atoms with Gasteiger partial charge < -0.3 is 10.2 Å². The largest absolute Gasteiger partial charge is 0.358 e. The monoisotopic (exact) mass is 246 g/mol. The lowest BCUT2D eigenvalue weighted by Crippen LogP contribution is -2.29. The fraction of sp³-hybridized carbons (Fsp3) is 0.800.